The number of piperidine rings is 1. The van der Waals surface area contributed by atoms with Gasteiger partial charge in [0, 0.05) is 31.8 Å². The molecule has 0 saturated carbocycles. The van der Waals surface area contributed by atoms with Crippen LogP contribution in [0.15, 0.2) is 61.1 Å². The van der Waals surface area contributed by atoms with Gasteiger partial charge in [-0.1, -0.05) is 44.8 Å². The number of pyridine rings is 1. The minimum Gasteiger partial charge on any atom is -0.361 e. The number of likely N-dealkylation sites (N-methyl/N-ethyl adjacent to an activating group) is 1. The Morgan fingerprint density at radius 2 is 1.86 bits per heavy atom. The molecule has 0 radical (unpaired) electrons. The minimum atomic E-state index is -1.14. The molecule has 4 unspecified atom stereocenters. The van der Waals surface area contributed by atoms with Gasteiger partial charge in [0.25, 0.3) is 5.82 Å². The molecule has 9 nitrogen and oxygen atoms in total. The van der Waals surface area contributed by atoms with Crippen molar-refractivity contribution < 1.29 is 19.0 Å². The van der Waals surface area contributed by atoms with Crippen LogP contribution >= 0.6 is 0 Å². The molecule has 0 spiro atoms. The second kappa shape index (κ2) is 12.0. The molecule has 0 bridgehead atoms. The summed E-state index contributed by atoms with van der Waals surface area (Å²) in [6.07, 6.45) is 8.69. The average molecular weight is 589 g/mol. The molecule has 1 N–H and O–H groups in total. The average Bonchev–Trinajstić information content (AvgIpc) is 3.26. The summed E-state index contributed by atoms with van der Waals surface area (Å²) < 4.78 is 6.76. The van der Waals surface area contributed by atoms with Crippen molar-refractivity contribution in [3.63, 3.8) is 0 Å². The van der Waals surface area contributed by atoms with E-state index in [1.807, 2.05) is 49.7 Å². The van der Waals surface area contributed by atoms with Crippen molar-refractivity contribution in [2.45, 2.75) is 45.1 Å². The zero-order chi connectivity index (χ0) is 30.0. The number of anilines is 1. The van der Waals surface area contributed by atoms with E-state index in [0.717, 1.165) is 54.2 Å². The van der Waals surface area contributed by atoms with Crippen LogP contribution in [0.4, 0.5) is 11.6 Å². The Kier molecular flexibility index (Phi) is 8.61. The number of hydrogen-bond donors (Lipinski definition) is 1. The molecule has 1 fully saturated rings. The highest BCUT2D eigenvalue weighted by molar-refractivity contribution is 6.76. The van der Waals surface area contributed by atoms with Crippen molar-refractivity contribution in [1.29, 1.82) is 0 Å². The van der Waals surface area contributed by atoms with E-state index >= 15 is 0 Å². The highest BCUT2D eigenvalue weighted by Gasteiger charge is 2.40. The van der Waals surface area contributed by atoms with Gasteiger partial charge in [-0.3, -0.25) is 4.84 Å². The summed E-state index contributed by atoms with van der Waals surface area (Å²) in [7, 11) is 2.94. The third-order valence-electron chi connectivity index (χ3n) is 7.91. The van der Waals surface area contributed by atoms with Crippen molar-refractivity contribution in [3.8, 4) is 11.3 Å². The van der Waals surface area contributed by atoms with E-state index in [1.54, 1.807) is 18.3 Å². The van der Waals surface area contributed by atoms with E-state index in [4.69, 9.17) is 24.5 Å². The maximum atomic E-state index is 12.9. The molecule has 1 saturated heterocycles. The number of carbonyl (C=O) groups excluding carboxylic acids is 1. The number of nitrogens with zero attached hydrogens (tertiary/aromatic N) is 5. The number of nitrogens with one attached hydrogen (secondary N) is 1. The number of hydrogen-bond acceptors (Lipinski definition) is 7. The lowest BCUT2D eigenvalue weighted by atomic mass is 9.95. The molecule has 5 rings (SSSR count). The zero-order valence-electron chi connectivity index (χ0n) is 25.7. The first kappa shape index (κ1) is 30.0. The second-order valence-electron chi connectivity index (χ2n) is 13.4. The van der Waals surface area contributed by atoms with Crippen LogP contribution < -0.4 is 9.80 Å². The molecule has 4 atom stereocenters. The maximum absolute atomic E-state index is 12.9. The van der Waals surface area contributed by atoms with Crippen LogP contribution in [-0.2, 0) is 9.57 Å². The quantitative estimate of drug-likeness (QED) is 0.182. The first-order valence-electron chi connectivity index (χ1n) is 14.8. The van der Waals surface area contributed by atoms with Gasteiger partial charge in [0.15, 0.2) is 12.4 Å². The molecule has 3 aromatic rings. The van der Waals surface area contributed by atoms with Gasteiger partial charge >= 0.3 is 5.97 Å². The molecule has 4 heterocycles. The van der Waals surface area contributed by atoms with E-state index in [0.29, 0.717) is 29.2 Å². The van der Waals surface area contributed by atoms with E-state index < -0.39 is 8.07 Å². The molecule has 10 heteroatoms. The number of benzene rings is 1. The maximum Gasteiger partial charge on any atom is 0.397 e. The molecular formula is C32H44N6O3Si+2. The zero-order valence-corrected chi connectivity index (χ0v) is 26.7. The van der Waals surface area contributed by atoms with Gasteiger partial charge in [0.1, 0.15) is 32.2 Å². The van der Waals surface area contributed by atoms with Crippen molar-refractivity contribution >= 4 is 31.8 Å². The first-order valence-corrected chi connectivity index (χ1v) is 18.5. The number of fused-ring (bicyclic) bond motifs is 1. The first-order chi connectivity index (χ1) is 19.9. The SMILES string of the molecule is CC1CC(Nc2ncccc2-c2cnc3c(n2)C=C[N+]3(C)COCC[Si](C)(C)C)C[N+](C)(OC(=O)c2ccccc2)C1. The van der Waals surface area contributed by atoms with Gasteiger partial charge in [0.2, 0.25) is 0 Å². The predicted molar refractivity (Wildman–Crippen MR) is 170 cm³/mol. The predicted octanol–water partition coefficient (Wildman–Crippen LogP) is 5.81. The third kappa shape index (κ3) is 7.12. The molecule has 2 aromatic heterocycles. The molecule has 0 aliphatic carbocycles. The normalized spacial score (nSPS) is 25.2. The molecule has 1 aromatic carbocycles. The van der Waals surface area contributed by atoms with Crippen LogP contribution in [-0.4, -0.2) is 80.2 Å². The lowest BCUT2D eigenvalue weighted by Gasteiger charge is -2.40. The summed E-state index contributed by atoms with van der Waals surface area (Å²) in [6, 6.07) is 14.3. The van der Waals surface area contributed by atoms with Crippen molar-refractivity contribution in [2.24, 2.45) is 5.92 Å². The van der Waals surface area contributed by atoms with Crippen LogP contribution in [0.3, 0.4) is 0 Å². The van der Waals surface area contributed by atoms with E-state index in [1.165, 1.54) is 0 Å². The third-order valence-corrected chi connectivity index (χ3v) is 9.61. The minimum absolute atomic E-state index is 0.0616. The molecule has 2 aliphatic rings. The standard InChI is InChI=1S/C32H44N6O3Si/c1-24-19-26(22-38(3,21-24)41-32(39)25-11-8-7-9-12-25)35-30-27(13-10-15-33-30)29-20-34-31-28(36-29)14-16-37(31,2)23-40-17-18-42(4,5)6/h7-16,20,24,26H,17-19,21-23H2,1-6H3,(H,33,35)/q+2. The van der Waals surface area contributed by atoms with Gasteiger partial charge in [0.05, 0.1) is 37.2 Å². The van der Waals surface area contributed by atoms with Crippen molar-refractivity contribution in [2.75, 3.05) is 45.8 Å². The summed E-state index contributed by atoms with van der Waals surface area (Å²) in [5.41, 5.74) is 3.06. The second-order valence-corrected chi connectivity index (χ2v) is 19.0. The Hall–Kier alpha value is -3.44. The highest BCUT2D eigenvalue weighted by atomic mass is 28.3. The van der Waals surface area contributed by atoms with Crippen LogP contribution in [0.25, 0.3) is 17.3 Å². The van der Waals surface area contributed by atoms with Crippen molar-refractivity contribution in [1.82, 2.24) is 19.4 Å². The Morgan fingerprint density at radius 1 is 1.07 bits per heavy atom. The summed E-state index contributed by atoms with van der Waals surface area (Å²) in [5, 5.41) is 3.65. The fourth-order valence-corrected chi connectivity index (χ4v) is 6.59. The summed E-state index contributed by atoms with van der Waals surface area (Å²) in [5.74, 6) is 1.68. The number of hydroxylamine groups is 3. The molecule has 2 aliphatic heterocycles. The van der Waals surface area contributed by atoms with Crippen LogP contribution in [0.5, 0.6) is 0 Å². The van der Waals surface area contributed by atoms with Gasteiger partial charge in [-0.15, -0.1) is 4.65 Å². The lowest BCUT2D eigenvalue weighted by Crippen LogP contribution is -2.57. The number of likely N-dealkylation sites (tertiary alicyclic amines) is 1. The smallest absolute Gasteiger partial charge is 0.361 e. The molecule has 42 heavy (non-hydrogen) atoms. The Balaban J connectivity index is 1.29. The van der Waals surface area contributed by atoms with Gasteiger partial charge in [-0.05, 0) is 36.7 Å². The highest BCUT2D eigenvalue weighted by Crippen LogP contribution is 2.34. The van der Waals surface area contributed by atoms with Gasteiger partial charge in [-0.2, -0.15) is 0 Å². The monoisotopic (exact) mass is 588 g/mol. The molecular weight excluding hydrogens is 544 g/mol. The summed E-state index contributed by atoms with van der Waals surface area (Å²) in [6.45, 7) is 12.0. The van der Waals surface area contributed by atoms with E-state index in [9.17, 15) is 4.79 Å². The Labute approximate surface area is 250 Å². The van der Waals surface area contributed by atoms with Crippen LogP contribution in [0.2, 0.25) is 25.7 Å². The van der Waals surface area contributed by atoms with Gasteiger partial charge in [-0.25, -0.2) is 24.2 Å². The summed E-state index contributed by atoms with van der Waals surface area (Å²) in [4.78, 5) is 33.5. The molecule has 222 valence electrons. The largest absolute Gasteiger partial charge is 0.397 e. The van der Waals surface area contributed by atoms with Crippen molar-refractivity contribution in [3.05, 3.63) is 72.3 Å². The lowest BCUT2D eigenvalue weighted by molar-refractivity contribution is -1.08. The molecule has 0 amide bonds. The topological polar surface area (TPSA) is 86.2 Å². The number of quaternary nitrogens is 2. The van der Waals surface area contributed by atoms with Crippen LogP contribution in [0, 0.1) is 5.92 Å². The number of aromatic nitrogens is 3. The van der Waals surface area contributed by atoms with E-state index in [2.05, 4.69) is 45.1 Å². The Morgan fingerprint density at radius 3 is 2.62 bits per heavy atom. The van der Waals surface area contributed by atoms with Crippen LogP contribution in [0.1, 0.15) is 29.4 Å². The summed E-state index contributed by atoms with van der Waals surface area (Å²) >= 11 is 0. The fraction of sp³-hybridized carbons (Fsp3) is 0.438. The van der Waals surface area contributed by atoms with Gasteiger partial charge < -0.3 is 10.1 Å². The fourth-order valence-electron chi connectivity index (χ4n) is 5.84. The number of carbonyl (C=O) groups is 1. The van der Waals surface area contributed by atoms with E-state index in [-0.39, 0.29) is 16.7 Å². The number of rotatable bonds is 10. The Bertz CT molecular complexity index is 1450. The number of ether oxygens (including phenoxy) is 1.